The number of hydrogen-bond acceptors (Lipinski definition) is 6. The van der Waals surface area contributed by atoms with Crippen molar-refractivity contribution in [2.45, 2.75) is 36.5 Å². The quantitative estimate of drug-likeness (QED) is 0.673. The maximum absolute atomic E-state index is 12.2. The van der Waals surface area contributed by atoms with Gasteiger partial charge in [0.25, 0.3) is 0 Å². The third-order valence-corrected chi connectivity index (χ3v) is 8.26. The monoisotopic (exact) mass is 396 g/mol. The summed E-state index contributed by atoms with van der Waals surface area (Å²) in [5, 5.41) is 0. The fourth-order valence-electron chi connectivity index (χ4n) is 2.48. The van der Waals surface area contributed by atoms with Gasteiger partial charge in [-0.25, -0.2) is 21.6 Å². The van der Waals surface area contributed by atoms with E-state index >= 15 is 0 Å². The summed E-state index contributed by atoms with van der Waals surface area (Å²) in [6, 6.07) is 3.37. The van der Waals surface area contributed by atoms with Gasteiger partial charge in [0.1, 0.15) is 4.21 Å². The zero-order valence-electron chi connectivity index (χ0n) is 13.9. The van der Waals surface area contributed by atoms with E-state index in [1.165, 1.54) is 15.6 Å². The summed E-state index contributed by atoms with van der Waals surface area (Å²) in [4.78, 5) is 0.992. The smallest absolute Gasteiger partial charge is 0.250 e. The Hall–Kier alpha value is -0.520. The van der Waals surface area contributed by atoms with Crippen molar-refractivity contribution in [2.24, 2.45) is 0 Å². The summed E-state index contributed by atoms with van der Waals surface area (Å²) in [5.74, 6) is 0. The fraction of sp³-hybridized carbons (Fsp3) is 0.714. The first kappa shape index (κ1) is 19.8. The Labute approximate surface area is 148 Å². The molecule has 1 aromatic rings. The maximum Gasteiger partial charge on any atom is 0.250 e. The van der Waals surface area contributed by atoms with Gasteiger partial charge in [0.05, 0.1) is 12.4 Å². The molecule has 1 N–H and O–H groups in total. The number of sulfonamides is 2. The predicted octanol–water partition coefficient (Wildman–Crippen LogP) is 1.03. The summed E-state index contributed by atoms with van der Waals surface area (Å²) < 4.78 is 57.7. The van der Waals surface area contributed by atoms with Crippen molar-refractivity contribution >= 4 is 31.4 Å². The van der Waals surface area contributed by atoms with Crippen LogP contribution in [0.25, 0.3) is 0 Å². The Morgan fingerprint density at radius 1 is 1.33 bits per heavy atom. The fourth-order valence-corrected chi connectivity index (χ4v) is 5.70. The lowest BCUT2D eigenvalue weighted by molar-refractivity contribution is 0.0943. The molecule has 1 fully saturated rings. The highest BCUT2D eigenvalue weighted by molar-refractivity contribution is 7.91. The lowest BCUT2D eigenvalue weighted by Gasteiger charge is -2.23. The number of aryl methyl sites for hydroxylation is 1. The molecule has 1 unspecified atom stereocenters. The van der Waals surface area contributed by atoms with Crippen molar-refractivity contribution in [3.63, 3.8) is 0 Å². The minimum atomic E-state index is -3.60. The zero-order chi connectivity index (χ0) is 17.8. The number of rotatable bonds is 9. The molecule has 0 aliphatic carbocycles. The Balaban J connectivity index is 1.93. The maximum atomic E-state index is 12.2. The van der Waals surface area contributed by atoms with Gasteiger partial charge in [-0.3, -0.25) is 0 Å². The van der Waals surface area contributed by atoms with Crippen LogP contribution >= 0.6 is 11.3 Å². The summed E-state index contributed by atoms with van der Waals surface area (Å²) in [7, 11) is -7.02. The van der Waals surface area contributed by atoms with E-state index in [1.807, 2.05) is 6.92 Å². The standard InChI is InChI=1S/C14H24N2O5S3/c1-3-13-6-7-14(22-13)24(19,20)15-8-9-16(23(2,17)18)11-12-5-4-10-21-12/h6-7,12,15H,3-5,8-11H2,1-2H3. The molecule has 0 amide bonds. The summed E-state index contributed by atoms with van der Waals surface area (Å²) in [5.41, 5.74) is 0. The second-order valence-corrected chi connectivity index (χ2v) is 10.9. The van der Waals surface area contributed by atoms with Crippen molar-refractivity contribution < 1.29 is 21.6 Å². The first-order chi connectivity index (χ1) is 11.2. The van der Waals surface area contributed by atoms with Gasteiger partial charge in [0.15, 0.2) is 0 Å². The van der Waals surface area contributed by atoms with Crippen LogP contribution in [0.5, 0.6) is 0 Å². The van der Waals surface area contributed by atoms with Crippen molar-refractivity contribution in [1.29, 1.82) is 0 Å². The molecule has 1 aromatic heterocycles. The molecule has 0 radical (unpaired) electrons. The normalized spacial score (nSPS) is 19.2. The van der Waals surface area contributed by atoms with Crippen molar-refractivity contribution in [1.82, 2.24) is 9.03 Å². The number of ether oxygens (including phenoxy) is 1. The van der Waals surface area contributed by atoms with Crippen LogP contribution in [0.1, 0.15) is 24.6 Å². The predicted molar refractivity (Wildman–Crippen MR) is 94.3 cm³/mol. The van der Waals surface area contributed by atoms with Crippen molar-refractivity contribution in [2.75, 3.05) is 32.5 Å². The second kappa shape index (κ2) is 8.24. The van der Waals surface area contributed by atoms with Crippen molar-refractivity contribution in [3.8, 4) is 0 Å². The SMILES string of the molecule is CCc1ccc(S(=O)(=O)NCCN(CC2CCCO2)S(C)(=O)=O)s1. The first-order valence-electron chi connectivity index (χ1n) is 7.87. The zero-order valence-corrected chi connectivity index (χ0v) is 16.3. The van der Waals surface area contributed by atoms with E-state index < -0.39 is 20.0 Å². The molecule has 1 aliphatic rings. The van der Waals surface area contributed by atoms with Crippen LogP contribution < -0.4 is 4.72 Å². The van der Waals surface area contributed by atoms with Gasteiger partial charge < -0.3 is 4.74 Å². The molecule has 1 atom stereocenters. The van der Waals surface area contributed by atoms with Gasteiger partial charge in [0, 0.05) is 31.1 Å². The van der Waals surface area contributed by atoms with Gasteiger partial charge >= 0.3 is 0 Å². The van der Waals surface area contributed by atoms with Gasteiger partial charge in [-0.15, -0.1) is 11.3 Å². The van der Waals surface area contributed by atoms with E-state index in [0.717, 1.165) is 30.4 Å². The van der Waals surface area contributed by atoms with E-state index in [9.17, 15) is 16.8 Å². The molecule has 7 nitrogen and oxygen atoms in total. The van der Waals surface area contributed by atoms with E-state index in [-0.39, 0.29) is 29.9 Å². The third kappa shape index (κ3) is 5.50. The first-order valence-corrected chi connectivity index (χ1v) is 12.0. The number of hydrogen-bond donors (Lipinski definition) is 1. The average molecular weight is 397 g/mol. The highest BCUT2D eigenvalue weighted by Crippen LogP contribution is 2.21. The van der Waals surface area contributed by atoms with Crippen molar-refractivity contribution in [3.05, 3.63) is 17.0 Å². The molecule has 1 aliphatic heterocycles. The van der Waals surface area contributed by atoms with Gasteiger partial charge in [-0.1, -0.05) is 6.92 Å². The van der Waals surface area contributed by atoms with Gasteiger partial charge in [-0.2, -0.15) is 4.31 Å². The Morgan fingerprint density at radius 3 is 2.62 bits per heavy atom. The minimum Gasteiger partial charge on any atom is -0.377 e. The Bertz CT molecular complexity index is 736. The van der Waals surface area contributed by atoms with Crippen LogP contribution in [-0.2, 0) is 31.2 Å². The molecule has 24 heavy (non-hydrogen) atoms. The molecule has 0 spiro atoms. The number of thiophene rings is 1. The third-order valence-electron chi connectivity index (χ3n) is 3.80. The number of nitrogens with zero attached hydrogens (tertiary/aromatic N) is 1. The molecular weight excluding hydrogens is 372 g/mol. The Kier molecular flexibility index (Phi) is 6.80. The summed E-state index contributed by atoms with van der Waals surface area (Å²) in [6.45, 7) is 2.99. The molecule has 2 rings (SSSR count). The van der Waals surface area contributed by atoms with Gasteiger partial charge in [-0.05, 0) is 31.4 Å². The van der Waals surface area contributed by atoms with E-state index in [1.54, 1.807) is 12.1 Å². The second-order valence-electron chi connectivity index (χ2n) is 5.73. The molecule has 0 saturated carbocycles. The molecule has 0 aromatic carbocycles. The molecule has 2 heterocycles. The van der Waals surface area contributed by atoms with E-state index in [4.69, 9.17) is 4.74 Å². The number of nitrogens with one attached hydrogen (secondary N) is 1. The molecule has 0 bridgehead atoms. The molecule has 10 heteroatoms. The minimum absolute atomic E-state index is 0.0292. The molecule has 138 valence electrons. The average Bonchev–Trinajstić information content (AvgIpc) is 3.16. The van der Waals surface area contributed by atoms with Crippen LogP contribution in [-0.4, -0.2) is 59.7 Å². The molecular formula is C14H24N2O5S3. The van der Waals surface area contributed by atoms with Crippen LogP contribution in [0.15, 0.2) is 16.3 Å². The van der Waals surface area contributed by atoms with Crippen LogP contribution in [0.4, 0.5) is 0 Å². The topological polar surface area (TPSA) is 92.8 Å². The van der Waals surface area contributed by atoms with Crippen LogP contribution in [0.3, 0.4) is 0 Å². The van der Waals surface area contributed by atoms with Crippen LogP contribution in [0.2, 0.25) is 0 Å². The summed E-state index contributed by atoms with van der Waals surface area (Å²) >= 11 is 1.23. The van der Waals surface area contributed by atoms with Crippen LogP contribution in [0, 0.1) is 0 Å². The highest BCUT2D eigenvalue weighted by atomic mass is 32.2. The molecule has 1 saturated heterocycles. The van der Waals surface area contributed by atoms with Gasteiger partial charge in [0.2, 0.25) is 20.0 Å². The highest BCUT2D eigenvalue weighted by Gasteiger charge is 2.25. The lowest BCUT2D eigenvalue weighted by Crippen LogP contribution is -2.41. The summed E-state index contributed by atoms with van der Waals surface area (Å²) in [6.07, 6.45) is 3.55. The van der Waals surface area contributed by atoms with E-state index in [2.05, 4.69) is 4.72 Å². The van der Waals surface area contributed by atoms with E-state index in [0.29, 0.717) is 6.61 Å². The lowest BCUT2D eigenvalue weighted by atomic mass is 10.2. The largest absolute Gasteiger partial charge is 0.377 e. The Morgan fingerprint density at radius 2 is 2.08 bits per heavy atom.